The van der Waals surface area contributed by atoms with E-state index in [-0.39, 0.29) is 0 Å². The number of hydrogen-bond donors (Lipinski definition) is 0. The summed E-state index contributed by atoms with van der Waals surface area (Å²) in [7, 11) is 0. The van der Waals surface area contributed by atoms with Gasteiger partial charge in [0.25, 0.3) is 0 Å². The Hall–Kier alpha value is -8.79. The molecule has 0 N–H and O–H groups in total. The van der Waals surface area contributed by atoms with Crippen molar-refractivity contribution in [3.63, 3.8) is 0 Å². The number of fused-ring (bicyclic) bond motifs is 7. The first-order chi connectivity index (χ1) is 32.7. The van der Waals surface area contributed by atoms with E-state index in [2.05, 4.69) is 246 Å². The van der Waals surface area contributed by atoms with Gasteiger partial charge in [0.05, 0.1) is 33.5 Å². The zero-order chi connectivity index (χ0) is 43.6. The molecule has 0 radical (unpaired) electrons. The lowest BCUT2D eigenvalue weighted by Crippen LogP contribution is -1.94. The van der Waals surface area contributed by atoms with E-state index in [9.17, 15) is 0 Å². The van der Waals surface area contributed by atoms with Crippen LogP contribution in [0, 0.1) is 0 Å². The van der Waals surface area contributed by atoms with E-state index in [1.165, 1.54) is 76.6 Å². The van der Waals surface area contributed by atoms with Crippen molar-refractivity contribution in [1.29, 1.82) is 0 Å². The first-order valence-electron chi connectivity index (χ1n) is 22.6. The highest BCUT2D eigenvalue weighted by Crippen LogP contribution is 2.40. The second kappa shape index (κ2) is 15.5. The molecule has 3 heterocycles. The highest BCUT2D eigenvalue weighted by atomic mass is 15.0. The number of pyridine rings is 1. The van der Waals surface area contributed by atoms with Crippen LogP contribution >= 0.6 is 0 Å². The Morgan fingerprint density at radius 3 is 1.21 bits per heavy atom. The van der Waals surface area contributed by atoms with Gasteiger partial charge in [-0.1, -0.05) is 176 Å². The molecule has 0 fully saturated rings. The highest BCUT2D eigenvalue weighted by molar-refractivity contribution is 6.13. The molecule has 10 aromatic carbocycles. The van der Waals surface area contributed by atoms with Crippen LogP contribution < -0.4 is 0 Å². The molecule has 3 nitrogen and oxygen atoms in total. The van der Waals surface area contributed by atoms with Crippen molar-refractivity contribution >= 4 is 54.4 Å². The van der Waals surface area contributed by atoms with Gasteiger partial charge in [-0.25, -0.2) is 4.98 Å². The van der Waals surface area contributed by atoms with Crippen molar-refractivity contribution in [2.45, 2.75) is 0 Å². The smallest absolute Gasteiger partial charge is 0.0715 e. The second-order valence-electron chi connectivity index (χ2n) is 17.1. The Bertz CT molecular complexity index is 3890. The Kier molecular flexibility index (Phi) is 8.85. The summed E-state index contributed by atoms with van der Waals surface area (Å²) in [5, 5.41) is 7.47. The number of hydrogen-bond acceptors (Lipinski definition) is 1. The fourth-order valence-electron chi connectivity index (χ4n) is 10.1. The van der Waals surface area contributed by atoms with Crippen LogP contribution in [0.5, 0.6) is 0 Å². The summed E-state index contributed by atoms with van der Waals surface area (Å²) < 4.78 is 4.81. The van der Waals surface area contributed by atoms with E-state index < -0.39 is 0 Å². The molecule has 0 aliphatic heterocycles. The van der Waals surface area contributed by atoms with E-state index in [1.54, 1.807) is 0 Å². The second-order valence-corrected chi connectivity index (χ2v) is 17.1. The average molecular weight is 840 g/mol. The minimum Gasteiger partial charge on any atom is -0.309 e. The Morgan fingerprint density at radius 1 is 0.242 bits per heavy atom. The summed E-state index contributed by atoms with van der Waals surface area (Å²) in [4.78, 5) is 5.11. The number of nitrogens with zero attached hydrogens (tertiary/aromatic N) is 3. The zero-order valence-electron chi connectivity index (χ0n) is 36.0. The lowest BCUT2D eigenvalue weighted by molar-refractivity contribution is 1.18. The quantitative estimate of drug-likeness (QED) is 0.157. The fourth-order valence-corrected chi connectivity index (χ4v) is 10.1. The molecule has 0 spiro atoms. The molecule has 13 rings (SSSR count). The van der Waals surface area contributed by atoms with E-state index in [1.807, 2.05) is 12.1 Å². The van der Waals surface area contributed by atoms with Crippen LogP contribution in [-0.2, 0) is 0 Å². The lowest BCUT2D eigenvalue weighted by atomic mass is 9.98. The number of para-hydroxylation sites is 2. The van der Waals surface area contributed by atoms with Crippen molar-refractivity contribution < 1.29 is 0 Å². The molecule has 3 heteroatoms. The molecule has 308 valence electrons. The number of rotatable bonds is 7. The molecule has 66 heavy (non-hydrogen) atoms. The molecule has 13 aromatic rings. The first-order valence-corrected chi connectivity index (χ1v) is 22.6. The molecule has 0 unspecified atom stereocenters. The molecule has 0 amide bonds. The van der Waals surface area contributed by atoms with Crippen molar-refractivity contribution in [3.05, 3.63) is 249 Å². The van der Waals surface area contributed by atoms with Crippen LogP contribution in [0.4, 0.5) is 0 Å². The summed E-state index contributed by atoms with van der Waals surface area (Å²) in [6, 6.07) is 90.0. The third-order valence-electron chi connectivity index (χ3n) is 13.3. The van der Waals surface area contributed by atoms with Gasteiger partial charge in [0.15, 0.2) is 0 Å². The summed E-state index contributed by atoms with van der Waals surface area (Å²) >= 11 is 0. The molecule has 0 aliphatic carbocycles. The van der Waals surface area contributed by atoms with Gasteiger partial charge in [0.2, 0.25) is 0 Å². The van der Waals surface area contributed by atoms with Crippen molar-refractivity contribution in [2.24, 2.45) is 0 Å². The Morgan fingerprint density at radius 2 is 0.667 bits per heavy atom. The summed E-state index contributed by atoms with van der Waals surface area (Å²) in [6.07, 6.45) is 0. The van der Waals surface area contributed by atoms with Gasteiger partial charge in [-0.05, 0) is 117 Å². The van der Waals surface area contributed by atoms with Crippen molar-refractivity contribution in [3.8, 4) is 67.3 Å². The minimum absolute atomic E-state index is 0.960. The van der Waals surface area contributed by atoms with Gasteiger partial charge in [0.1, 0.15) is 0 Å². The van der Waals surface area contributed by atoms with Gasteiger partial charge in [0, 0.05) is 44.0 Å². The van der Waals surface area contributed by atoms with Crippen molar-refractivity contribution in [1.82, 2.24) is 14.1 Å². The predicted molar refractivity (Wildman–Crippen MR) is 278 cm³/mol. The topological polar surface area (TPSA) is 22.8 Å². The van der Waals surface area contributed by atoms with Gasteiger partial charge in [-0.2, -0.15) is 0 Å². The number of aromatic nitrogens is 3. The third-order valence-corrected chi connectivity index (χ3v) is 13.3. The molecule has 0 atom stereocenters. The van der Waals surface area contributed by atoms with Crippen LogP contribution in [0.25, 0.3) is 122 Å². The van der Waals surface area contributed by atoms with Crippen molar-refractivity contribution in [2.75, 3.05) is 0 Å². The fraction of sp³-hybridized carbons (Fsp3) is 0. The molecule has 0 saturated heterocycles. The van der Waals surface area contributed by atoms with E-state index in [0.717, 1.165) is 45.0 Å². The normalized spacial score (nSPS) is 11.6. The van der Waals surface area contributed by atoms with Gasteiger partial charge < -0.3 is 9.13 Å². The Balaban J connectivity index is 0.873. The molecule has 3 aromatic heterocycles. The average Bonchev–Trinajstić information content (AvgIpc) is 3.91. The summed E-state index contributed by atoms with van der Waals surface area (Å²) in [6.45, 7) is 0. The molecule has 0 aliphatic rings. The van der Waals surface area contributed by atoms with E-state index in [0.29, 0.717) is 0 Å². The first kappa shape index (κ1) is 37.7. The Labute approximate surface area is 382 Å². The molecular formula is C63H41N3. The van der Waals surface area contributed by atoms with E-state index >= 15 is 0 Å². The van der Waals surface area contributed by atoms with Crippen LogP contribution in [0.1, 0.15) is 0 Å². The lowest BCUT2D eigenvalue weighted by Gasteiger charge is -2.12. The molecule has 0 saturated carbocycles. The monoisotopic (exact) mass is 839 g/mol. The van der Waals surface area contributed by atoms with Gasteiger partial charge in [-0.15, -0.1) is 0 Å². The third kappa shape index (κ3) is 6.32. The SMILES string of the molecule is c1ccc(-c2cc(-c3ccc(-n4c5ccccc5c5cc(-c6ccc7c(c6)c6ccccc6n7-c6ccc(-c7cccc8ccccc78)cc6)ccc54)cc3)cc(-c3ccccc3)n2)cc1. The van der Waals surface area contributed by atoms with Gasteiger partial charge in [-0.3, -0.25) is 0 Å². The molecule has 0 bridgehead atoms. The highest BCUT2D eigenvalue weighted by Gasteiger charge is 2.17. The number of benzene rings is 10. The van der Waals surface area contributed by atoms with Crippen LogP contribution in [-0.4, -0.2) is 14.1 Å². The van der Waals surface area contributed by atoms with Crippen LogP contribution in [0.2, 0.25) is 0 Å². The maximum absolute atomic E-state index is 5.11. The van der Waals surface area contributed by atoms with Crippen LogP contribution in [0.15, 0.2) is 249 Å². The van der Waals surface area contributed by atoms with Crippen LogP contribution in [0.3, 0.4) is 0 Å². The summed E-state index contributed by atoms with van der Waals surface area (Å²) in [5.74, 6) is 0. The molecular weight excluding hydrogens is 799 g/mol. The summed E-state index contributed by atoms with van der Waals surface area (Å²) in [5.41, 5.74) is 18.3. The predicted octanol–water partition coefficient (Wildman–Crippen LogP) is 16.8. The maximum Gasteiger partial charge on any atom is 0.0715 e. The minimum atomic E-state index is 0.960. The maximum atomic E-state index is 5.11. The standard InChI is InChI=1S/C63H41N3/c1-3-15-45(16-4-1)58-40-49(41-59(64-58)46-17-5-2-6-18-46)42-26-32-50(33-27-42)65-60-24-11-9-21-54(60)56-38-47(30-36-62(56)65)48-31-37-63-57(39-48)55-22-10-12-25-61(55)66(63)51-34-28-44(29-35-51)53-23-13-19-43-14-7-8-20-52(43)53/h1-41H. The van der Waals surface area contributed by atoms with Gasteiger partial charge >= 0.3 is 0 Å². The zero-order valence-corrected chi connectivity index (χ0v) is 36.0. The van der Waals surface area contributed by atoms with E-state index in [4.69, 9.17) is 4.98 Å². The largest absolute Gasteiger partial charge is 0.309 e.